The van der Waals surface area contributed by atoms with Crippen LogP contribution >= 0.6 is 0 Å². The topological polar surface area (TPSA) is 35.5 Å². The zero-order chi connectivity index (χ0) is 17.2. The highest BCUT2D eigenvalue weighted by atomic mass is 16.5. The smallest absolute Gasteiger partial charge is 0.310 e. The van der Waals surface area contributed by atoms with Crippen molar-refractivity contribution in [3.8, 4) is 11.5 Å². The zero-order valence-electron chi connectivity index (χ0n) is 14.5. The molecule has 0 amide bonds. The number of benzene rings is 2. The Morgan fingerprint density at radius 3 is 2.42 bits per heavy atom. The molecule has 0 aliphatic heterocycles. The highest BCUT2D eigenvalue weighted by Gasteiger charge is 2.61. The first-order valence-electron chi connectivity index (χ1n) is 8.51. The van der Waals surface area contributed by atoms with Gasteiger partial charge in [0, 0.05) is 0 Å². The van der Waals surface area contributed by atoms with E-state index < -0.39 is 0 Å². The molecule has 0 spiro atoms. The molecule has 1 aliphatic rings. The van der Waals surface area contributed by atoms with Crippen molar-refractivity contribution in [2.75, 3.05) is 0 Å². The minimum Gasteiger partial charge on any atom is -0.461 e. The monoisotopic (exact) mass is 324 g/mol. The van der Waals surface area contributed by atoms with Crippen molar-refractivity contribution in [2.45, 2.75) is 33.8 Å². The molecule has 1 aliphatic carbocycles. The number of carbonyl (C=O) groups is 1. The third kappa shape index (κ3) is 3.45. The third-order valence-electron chi connectivity index (χ3n) is 5.00. The zero-order valence-corrected chi connectivity index (χ0v) is 14.5. The average Bonchev–Trinajstić information content (AvgIpc) is 3.15. The maximum atomic E-state index is 12.3. The molecule has 0 radical (unpaired) electrons. The molecule has 2 atom stereocenters. The van der Waals surface area contributed by atoms with E-state index in [4.69, 9.17) is 9.47 Å². The Labute approximate surface area is 143 Å². The van der Waals surface area contributed by atoms with Crippen molar-refractivity contribution >= 4 is 5.97 Å². The molecule has 3 rings (SSSR count). The molecular formula is C21H24O3. The molecule has 2 aromatic rings. The van der Waals surface area contributed by atoms with Gasteiger partial charge in [0.1, 0.15) is 18.1 Å². The molecule has 2 aromatic carbocycles. The summed E-state index contributed by atoms with van der Waals surface area (Å²) in [5.74, 6) is 1.93. The Morgan fingerprint density at radius 2 is 1.75 bits per heavy atom. The lowest BCUT2D eigenvalue weighted by molar-refractivity contribution is -0.147. The van der Waals surface area contributed by atoms with Gasteiger partial charge in [0.05, 0.1) is 5.92 Å². The molecule has 0 heterocycles. The highest BCUT2D eigenvalue weighted by Crippen LogP contribution is 2.60. The van der Waals surface area contributed by atoms with E-state index in [1.807, 2.05) is 54.6 Å². The second kappa shape index (κ2) is 6.68. The molecular weight excluding hydrogens is 300 g/mol. The van der Waals surface area contributed by atoms with E-state index in [9.17, 15) is 4.79 Å². The van der Waals surface area contributed by atoms with Crippen LogP contribution in [0.15, 0.2) is 54.6 Å². The first-order valence-corrected chi connectivity index (χ1v) is 8.51. The molecule has 126 valence electrons. The molecule has 0 aromatic heterocycles. The van der Waals surface area contributed by atoms with Crippen LogP contribution in [0, 0.1) is 17.3 Å². The van der Waals surface area contributed by atoms with Crippen molar-refractivity contribution < 1.29 is 14.3 Å². The normalized spacial score (nSPS) is 21.1. The second-order valence-electron chi connectivity index (χ2n) is 6.98. The molecule has 24 heavy (non-hydrogen) atoms. The first kappa shape index (κ1) is 16.6. The summed E-state index contributed by atoms with van der Waals surface area (Å²) >= 11 is 0. The summed E-state index contributed by atoms with van der Waals surface area (Å²) in [4.78, 5) is 12.3. The molecule has 1 saturated carbocycles. The number of ether oxygens (including phenoxy) is 2. The fraction of sp³-hybridized carbons (Fsp3) is 0.381. The van der Waals surface area contributed by atoms with Crippen LogP contribution in [-0.4, -0.2) is 5.97 Å². The minimum absolute atomic E-state index is 0.0336. The Kier molecular flexibility index (Phi) is 4.61. The lowest BCUT2D eigenvalue weighted by atomic mass is 10.1. The number of hydrogen-bond donors (Lipinski definition) is 0. The molecule has 0 saturated heterocycles. The summed E-state index contributed by atoms with van der Waals surface area (Å²) in [6.45, 7) is 6.70. The molecule has 1 fully saturated rings. The van der Waals surface area contributed by atoms with Crippen LogP contribution in [0.4, 0.5) is 0 Å². The van der Waals surface area contributed by atoms with Crippen molar-refractivity contribution in [3.63, 3.8) is 0 Å². The van der Waals surface area contributed by atoms with Crippen molar-refractivity contribution in [2.24, 2.45) is 17.3 Å². The Hall–Kier alpha value is -2.29. The predicted molar refractivity (Wildman–Crippen MR) is 93.8 cm³/mol. The second-order valence-corrected chi connectivity index (χ2v) is 6.98. The van der Waals surface area contributed by atoms with Gasteiger partial charge in [-0.25, -0.2) is 0 Å². The molecule has 0 N–H and O–H groups in total. The van der Waals surface area contributed by atoms with Crippen LogP contribution in [0.2, 0.25) is 0 Å². The van der Waals surface area contributed by atoms with E-state index in [1.165, 1.54) is 0 Å². The van der Waals surface area contributed by atoms with Crippen LogP contribution < -0.4 is 4.74 Å². The van der Waals surface area contributed by atoms with Gasteiger partial charge in [-0.3, -0.25) is 4.79 Å². The minimum atomic E-state index is -0.0822. The number of esters is 1. The van der Waals surface area contributed by atoms with Gasteiger partial charge >= 0.3 is 5.97 Å². The average molecular weight is 324 g/mol. The van der Waals surface area contributed by atoms with Gasteiger partial charge in [0.15, 0.2) is 0 Å². The van der Waals surface area contributed by atoms with Crippen molar-refractivity contribution in [1.29, 1.82) is 0 Å². The number of carbonyl (C=O) groups excluding carboxylic acids is 1. The van der Waals surface area contributed by atoms with Gasteiger partial charge in [-0.1, -0.05) is 57.5 Å². The number of rotatable bonds is 6. The summed E-state index contributed by atoms with van der Waals surface area (Å²) in [7, 11) is 0. The Morgan fingerprint density at radius 1 is 1.04 bits per heavy atom. The predicted octanol–water partition coefficient (Wildman–Crippen LogP) is 5.20. The van der Waals surface area contributed by atoms with Crippen LogP contribution in [0.3, 0.4) is 0 Å². The largest absolute Gasteiger partial charge is 0.461 e. The summed E-state index contributed by atoms with van der Waals surface area (Å²) in [6, 6.07) is 17.3. The van der Waals surface area contributed by atoms with Crippen LogP contribution in [0.5, 0.6) is 11.5 Å². The van der Waals surface area contributed by atoms with Crippen molar-refractivity contribution in [3.05, 3.63) is 60.2 Å². The lowest BCUT2D eigenvalue weighted by Gasteiger charge is -2.09. The van der Waals surface area contributed by atoms with Gasteiger partial charge in [-0.2, -0.15) is 0 Å². The summed E-state index contributed by atoms with van der Waals surface area (Å²) in [5, 5.41) is 0. The fourth-order valence-corrected chi connectivity index (χ4v) is 3.54. The van der Waals surface area contributed by atoms with E-state index >= 15 is 0 Å². The van der Waals surface area contributed by atoms with Gasteiger partial charge < -0.3 is 9.47 Å². The van der Waals surface area contributed by atoms with Crippen LogP contribution in [-0.2, 0) is 16.1 Å². The maximum Gasteiger partial charge on any atom is 0.310 e. The molecule has 2 unspecified atom stereocenters. The van der Waals surface area contributed by atoms with E-state index in [0.717, 1.165) is 23.5 Å². The summed E-state index contributed by atoms with van der Waals surface area (Å²) in [6.07, 6.45) is 1.02. The van der Waals surface area contributed by atoms with Gasteiger partial charge in [0.25, 0.3) is 0 Å². The molecule has 0 bridgehead atoms. The third-order valence-corrected chi connectivity index (χ3v) is 5.00. The number of hydrogen-bond acceptors (Lipinski definition) is 3. The Balaban J connectivity index is 1.58. The molecule has 3 heteroatoms. The van der Waals surface area contributed by atoms with E-state index in [-0.39, 0.29) is 23.9 Å². The number of para-hydroxylation sites is 1. The van der Waals surface area contributed by atoms with E-state index in [1.54, 1.807) is 0 Å². The van der Waals surface area contributed by atoms with Crippen LogP contribution in [0.25, 0.3) is 0 Å². The standard InChI is InChI=1S/C21H24O3/c1-4-18-19(21(18,2)3)20(22)23-14-15-9-8-12-17(13-15)24-16-10-6-5-7-11-16/h5-13,18-19H,4,14H2,1-3H3. The Bertz CT molecular complexity index is 706. The summed E-state index contributed by atoms with van der Waals surface area (Å²) < 4.78 is 11.3. The fourth-order valence-electron chi connectivity index (χ4n) is 3.54. The quantitative estimate of drug-likeness (QED) is 0.685. The van der Waals surface area contributed by atoms with Crippen LogP contribution in [0.1, 0.15) is 32.8 Å². The van der Waals surface area contributed by atoms with Crippen molar-refractivity contribution in [1.82, 2.24) is 0 Å². The van der Waals surface area contributed by atoms with Gasteiger partial charge in [0.2, 0.25) is 0 Å². The summed E-state index contributed by atoms with van der Waals surface area (Å²) in [5.41, 5.74) is 1.01. The first-order chi connectivity index (χ1) is 11.5. The maximum absolute atomic E-state index is 12.3. The van der Waals surface area contributed by atoms with E-state index in [0.29, 0.717) is 5.92 Å². The van der Waals surface area contributed by atoms with E-state index in [2.05, 4.69) is 20.8 Å². The van der Waals surface area contributed by atoms with Gasteiger partial charge in [-0.05, 0) is 41.2 Å². The van der Waals surface area contributed by atoms with Gasteiger partial charge in [-0.15, -0.1) is 0 Å². The SMILES string of the molecule is CCC1C(C(=O)OCc2cccc(Oc3ccccc3)c2)C1(C)C. The lowest BCUT2D eigenvalue weighted by Crippen LogP contribution is -2.10. The molecule has 3 nitrogen and oxygen atoms in total. The highest BCUT2D eigenvalue weighted by molar-refractivity contribution is 5.77.